The molecule has 0 saturated carbocycles. The van der Waals surface area contributed by atoms with Gasteiger partial charge in [-0.15, -0.1) is 0 Å². The van der Waals surface area contributed by atoms with Crippen molar-refractivity contribution >= 4 is 11.6 Å². The van der Waals surface area contributed by atoms with Gasteiger partial charge in [-0.1, -0.05) is 24.3 Å². The Kier molecular flexibility index (Phi) is 3.61. The van der Waals surface area contributed by atoms with Gasteiger partial charge in [0.15, 0.2) is 23.1 Å². The molecule has 0 amide bonds. The highest BCUT2D eigenvalue weighted by Gasteiger charge is 2.57. The van der Waals surface area contributed by atoms with Gasteiger partial charge in [0.1, 0.15) is 0 Å². The van der Waals surface area contributed by atoms with E-state index in [9.17, 15) is 9.59 Å². The van der Waals surface area contributed by atoms with Crippen LogP contribution < -0.4 is 0 Å². The second-order valence-corrected chi connectivity index (χ2v) is 6.89. The number of hydrogen-bond acceptors (Lipinski definition) is 6. The summed E-state index contributed by atoms with van der Waals surface area (Å²) in [6, 6.07) is 6.88. The molecule has 1 aromatic carbocycles. The molecular formula is C20H20O6. The topological polar surface area (TPSA) is 71.1 Å². The highest BCUT2D eigenvalue weighted by molar-refractivity contribution is 6.17. The third-order valence-corrected chi connectivity index (χ3v) is 5.57. The first kappa shape index (κ1) is 17.0. The molecule has 0 bridgehead atoms. The number of carbonyl (C=O) groups excluding carboxylic acids is 2. The summed E-state index contributed by atoms with van der Waals surface area (Å²) in [6.07, 6.45) is 3.31. The molecule has 6 heteroatoms. The highest BCUT2D eigenvalue weighted by Crippen LogP contribution is 2.47. The fourth-order valence-corrected chi connectivity index (χ4v) is 3.68. The lowest BCUT2D eigenvalue weighted by atomic mass is 9.71. The van der Waals surface area contributed by atoms with Gasteiger partial charge in [0.2, 0.25) is 0 Å². The van der Waals surface area contributed by atoms with Crippen LogP contribution in [0.25, 0.3) is 0 Å². The molecule has 6 nitrogen and oxygen atoms in total. The Morgan fingerprint density at radius 1 is 0.808 bits per heavy atom. The SMILES string of the molecule is CO[C@]1(C)OC2=C[C@@H]3C(=O)c4ccccc4C(=O)[C@@H]3C=C2O[C@@]1(C)OC. The van der Waals surface area contributed by atoms with E-state index in [1.54, 1.807) is 50.3 Å². The van der Waals surface area contributed by atoms with Crippen molar-refractivity contribution in [2.24, 2.45) is 11.8 Å². The number of Topliss-reactive ketones (excluding diaryl/α,β-unsaturated/α-hetero) is 2. The molecule has 1 aliphatic heterocycles. The molecule has 0 N–H and O–H groups in total. The maximum Gasteiger partial charge on any atom is 0.273 e. The predicted octanol–water partition coefficient (Wildman–Crippen LogP) is 2.85. The summed E-state index contributed by atoms with van der Waals surface area (Å²) in [5.41, 5.74) is 0.890. The summed E-state index contributed by atoms with van der Waals surface area (Å²) in [5.74, 6) is -3.10. The van der Waals surface area contributed by atoms with Crippen molar-refractivity contribution in [2.45, 2.75) is 25.4 Å². The summed E-state index contributed by atoms with van der Waals surface area (Å²) in [5, 5.41) is 0. The minimum absolute atomic E-state index is 0.101. The first-order chi connectivity index (χ1) is 12.3. The molecule has 0 unspecified atom stereocenters. The molecule has 1 fully saturated rings. The number of fused-ring (bicyclic) bond motifs is 3. The van der Waals surface area contributed by atoms with Gasteiger partial charge in [-0.05, 0) is 12.2 Å². The monoisotopic (exact) mass is 356 g/mol. The molecule has 4 rings (SSSR count). The van der Waals surface area contributed by atoms with Crippen LogP contribution in [0.3, 0.4) is 0 Å². The van der Waals surface area contributed by atoms with Crippen molar-refractivity contribution in [3.63, 3.8) is 0 Å². The second-order valence-electron chi connectivity index (χ2n) is 6.89. The van der Waals surface area contributed by atoms with E-state index in [-0.39, 0.29) is 11.6 Å². The molecule has 0 radical (unpaired) electrons. The number of hydrogen-bond donors (Lipinski definition) is 0. The normalized spacial score (nSPS) is 35.2. The van der Waals surface area contributed by atoms with Gasteiger partial charge in [0, 0.05) is 39.2 Å². The van der Waals surface area contributed by atoms with Crippen LogP contribution >= 0.6 is 0 Å². The summed E-state index contributed by atoms with van der Waals surface area (Å²) >= 11 is 0. The lowest BCUT2D eigenvalue weighted by Crippen LogP contribution is -2.59. The predicted molar refractivity (Wildman–Crippen MR) is 91.2 cm³/mol. The van der Waals surface area contributed by atoms with E-state index in [2.05, 4.69) is 0 Å². The second kappa shape index (κ2) is 5.53. The van der Waals surface area contributed by atoms with Crippen molar-refractivity contribution in [3.8, 4) is 0 Å². The number of allylic oxidation sites excluding steroid dienone is 2. The molecule has 1 heterocycles. The van der Waals surface area contributed by atoms with E-state index in [1.807, 2.05) is 0 Å². The van der Waals surface area contributed by atoms with Crippen LogP contribution in [0, 0.1) is 11.8 Å². The quantitative estimate of drug-likeness (QED) is 0.811. The molecular weight excluding hydrogens is 336 g/mol. The van der Waals surface area contributed by atoms with E-state index in [0.29, 0.717) is 22.6 Å². The third kappa shape index (κ3) is 2.12. The van der Waals surface area contributed by atoms with E-state index in [4.69, 9.17) is 18.9 Å². The van der Waals surface area contributed by atoms with Gasteiger partial charge in [-0.3, -0.25) is 9.59 Å². The first-order valence-corrected chi connectivity index (χ1v) is 8.43. The zero-order chi connectivity index (χ0) is 18.7. The maximum absolute atomic E-state index is 12.9. The van der Waals surface area contributed by atoms with Crippen LogP contribution in [-0.4, -0.2) is 37.4 Å². The van der Waals surface area contributed by atoms with Gasteiger partial charge in [-0.25, -0.2) is 0 Å². The first-order valence-electron chi connectivity index (χ1n) is 8.43. The van der Waals surface area contributed by atoms with Crippen LogP contribution in [0.5, 0.6) is 0 Å². The van der Waals surface area contributed by atoms with Crippen molar-refractivity contribution in [3.05, 3.63) is 59.1 Å². The van der Waals surface area contributed by atoms with Crippen molar-refractivity contribution < 1.29 is 28.5 Å². The molecule has 0 aromatic heterocycles. The lowest BCUT2D eigenvalue weighted by Gasteiger charge is -2.49. The van der Waals surface area contributed by atoms with Crippen molar-refractivity contribution in [1.82, 2.24) is 0 Å². The highest BCUT2D eigenvalue weighted by atomic mass is 16.8. The Balaban J connectivity index is 1.80. The van der Waals surface area contributed by atoms with Gasteiger partial charge in [0.25, 0.3) is 11.6 Å². The Hall–Kier alpha value is -2.44. The fraction of sp³-hybridized carbons (Fsp3) is 0.400. The van der Waals surface area contributed by atoms with Crippen LogP contribution in [0.2, 0.25) is 0 Å². The van der Waals surface area contributed by atoms with Gasteiger partial charge >= 0.3 is 0 Å². The average molecular weight is 356 g/mol. The van der Waals surface area contributed by atoms with E-state index in [1.165, 1.54) is 14.2 Å². The number of carbonyl (C=O) groups is 2. The number of methoxy groups -OCH3 is 2. The zero-order valence-corrected chi connectivity index (χ0v) is 15.1. The summed E-state index contributed by atoms with van der Waals surface area (Å²) in [6.45, 7) is 3.40. The smallest absolute Gasteiger partial charge is 0.273 e. The molecule has 0 spiro atoms. The Morgan fingerprint density at radius 3 is 1.54 bits per heavy atom. The standard InChI is InChI=1S/C20H20O6/c1-19(23-3)20(2,24-4)26-16-10-14-13(9-15(16)25-19)17(21)11-7-5-6-8-12(11)18(14)22/h5-10,13-14H,1-4H3/t13-,14+,19-,20-/m1/s1. The minimum atomic E-state index is -1.21. The summed E-state index contributed by atoms with van der Waals surface area (Å²) in [7, 11) is 2.99. The number of rotatable bonds is 2. The average Bonchev–Trinajstić information content (AvgIpc) is 2.66. The largest absolute Gasteiger partial charge is 0.452 e. The van der Waals surface area contributed by atoms with Gasteiger partial charge in [0.05, 0.1) is 11.8 Å². The summed E-state index contributed by atoms with van der Waals surface area (Å²) < 4.78 is 23.0. The van der Waals surface area contributed by atoms with Gasteiger partial charge < -0.3 is 18.9 Å². The van der Waals surface area contributed by atoms with Gasteiger partial charge in [-0.2, -0.15) is 0 Å². The lowest BCUT2D eigenvalue weighted by molar-refractivity contribution is -0.385. The molecule has 4 atom stereocenters. The van der Waals surface area contributed by atoms with E-state index < -0.39 is 23.4 Å². The fourth-order valence-electron chi connectivity index (χ4n) is 3.68. The molecule has 2 aliphatic carbocycles. The maximum atomic E-state index is 12.9. The molecule has 1 aromatic rings. The van der Waals surface area contributed by atoms with E-state index >= 15 is 0 Å². The van der Waals surface area contributed by atoms with E-state index in [0.717, 1.165) is 0 Å². The number of ether oxygens (including phenoxy) is 4. The minimum Gasteiger partial charge on any atom is -0.452 e. The third-order valence-electron chi connectivity index (χ3n) is 5.57. The van der Waals surface area contributed by atoms with Crippen molar-refractivity contribution in [1.29, 1.82) is 0 Å². The zero-order valence-electron chi connectivity index (χ0n) is 15.1. The van der Waals surface area contributed by atoms with Crippen LogP contribution in [-0.2, 0) is 18.9 Å². The summed E-state index contributed by atoms with van der Waals surface area (Å²) in [4.78, 5) is 25.8. The molecule has 3 aliphatic rings. The number of benzene rings is 1. The number of ketones is 2. The van der Waals surface area contributed by atoms with Crippen LogP contribution in [0.15, 0.2) is 47.9 Å². The molecule has 136 valence electrons. The Bertz CT molecular complexity index is 798. The molecule has 26 heavy (non-hydrogen) atoms. The van der Waals surface area contributed by atoms with Crippen molar-refractivity contribution in [2.75, 3.05) is 14.2 Å². The van der Waals surface area contributed by atoms with Crippen LogP contribution in [0.1, 0.15) is 34.6 Å². The van der Waals surface area contributed by atoms with Crippen LogP contribution in [0.4, 0.5) is 0 Å². The molecule has 1 saturated heterocycles. The Labute approximate surface area is 151 Å². The Morgan fingerprint density at radius 2 is 1.19 bits per heavy atom.